The number of hydrogen-bond donors (Lipinski definition) is 2. The van der Waals surface area contributed by atoms with Crippen LogP contribution < -0.4 is 26.6 Å². The molecular formula is C21H23N3O3S. The molecule has 0 unspecified atom stereocenters. The minimum absolute atomic E-state index is 0.215. The van der Waals surface area contributed by atoms with Crippen molar-refractivity contribution in [3.8, 4) is 5.75 Å². The largest absolute Gasteiger partial charge is 0.494 e. The molecule has 0 aliphatic rings. The van der Waals surface area contributed by atoms with Crippen molar-refractivity contribution in [3.63, 3.8) is 0 Å². The minimum atomic E-state index is -0.343. The van der Waals surface area contributed by atoms with Crippen LogP contribution >= 0.6 is 11.3 Å². The fourth-order valence-corrected chi connectivity index (χ4v) is 3.24. The average Bonchev–Trinajstić information content (AvgIpc) is 3.17. The Kier molecular flexibility index (Phi) is 6.62. The third kappa shape index (κ3) is 5.55. The maximum absolute atomic E-state index is 12.3. The third-order valence-corrected chi connectivity index (χ3v) is 4.75. The molecule has 0 amide bonds. The summed E-state index contributed by atoms with van der Waals surface area (Å²) in [6.07, 6.45) is 4.25. The van der Waals surface area contributed by atoms with E-state index in [1.165, 1.54) is 11.3 Å². The summed E-state index contributed by atoms with van der Waals surface area (Å²) in [6, 6.07) is 9.29. The third-order valence-electron chi connectivity index (χ3n) is 4.05. The van der Waals surface area contributed by atoms with Gasteiger partial charge in [-0.3, -0.25) is 9.59 Å². The summed E-state index contributed by atoms with van der Waals surface area (Å²) in [5.41, 5.74) is 1.00. The molecule has 7 heteroatoms. The van der Waals surface area contributed by atoms with Crippen LogP contribution in [0.5, 0.6) is 5.75 Å². The topological polar surface area (TPSA) is 78.2 Å². The summed E-state index contributed by atoms with van der Waals surface area (Å²) in [5.74, 6) is 0.777. The SMILES string of the molecule is CN(C)CCCOc1ccc(/C=c2\[nH]c(=O)/c(=C/c3ccsc3)[nH]c2=O)cc1. The smallest absolute Gasteiger partial charge is 0.272 e. The first-order valence-electron chi connectivity index (χ1n) is 8.97. The molecule has 28 heavy (non-hydrogen) atoms. The number of nitrogens with one attached hydrogen (secondary N) is 2. The Morgan fingerprint density at radius 1 is 0.964 bits per heavy atom. The molecule has 2 aromatic heterocycles. The van der Waals surface area contributed by atoms with Gasteiger partial charge >= 0.3 is 0 Å². The van der Waals surface area contributed by atoms with Gasteiger partial charge in [0.2, 0.25) is 0 Å². The van der Waals surface area contributed by atoms with Crippen molar-refractivity contribution < 1.29 is 4.74 Å². The van der Waals surface area contributed by atoms with Gasteiger partial charge < -0.3 is 19.6 Å². The predicted octanol–water partition coefficient (Wildman–Crippen LogP) is 1.11. The summed E-state index contributed by atoms with van der Waals surface area (Å²) in [6.45, 7) is 1.62. The second-order valence-corrected chi connectivity index (χ2v) is 7.44. The first-order chi connectivity index (χ1) is 13.5. The number of thiophene rings is 1. The van der Waals surface area contributed by atoms with Crippen LogP contribution in [0.1, 0.15) is 17.5 Å². The van der Waals surface area contributed by atoms with Gasteiger partial charge in [-0.15, -0.1) is 0 Å². The average molecular weight is 398 g/mol. The van der Waals surface area contributed by atoms with Gasteiger partial charge in [0.25, 0.3) is 11.1 Å². The second kappa shape index (κ2) is 9.34. The summed E-state index contributed by atoms with van der Waals surface area (Å²) in [5, 5.41) is 4.27. The van der Waals surface area contributed by atoms with E-state index in [-0.39, 0.29) is 21.8 Å². The van der Waals surface area contributed by atoms with Crippen molar-refractivity contribution in [2.75, 3.05) is 27.2 Å². The Morgan fingerprint density at radius 3 is 2.18 bits per heavy atom. The number of ether oxygens (including phenoxy) is 1. The summed E-state index contributed by atoms with van der Waals surface area (Å²) in [7, 11) is 4.06. The van der Waals surface area contributed by atoms with Gasteiger partial charge in [0.1, 0.15) is 16.4 Å². The van der Waals surface area contributed by atoms with Crippen LogP contribution in [0.4, 0.5) is 0 Å². The molecule has 0 radical (unpaired) electrons. The number of hydrogen-bond acceptors (Lipinski definition) is 5. The van der Waals surface area contributed by atoms with Crippen LogP contribution in [-0.4, -0.2) is 42.1 Å². The number of H-pyrrole nitrogens is 2. The Bertz CT molecular complexity index is 1130. The maximum atomic E-state index is 12.3. The zero-order valence-corrected chi connectivity index (χ0v) is 16.7. The fourth-order valence-electron chi connectivity index (χ4n) is 2.62. The van der Waals surface area contributed by atoms with Crippen LogP contribution in [0.2, 0.25) is 0 Å². The first kappa shape index (κ1) is 19.9. The molecule has 3 rings (SSSR count). The van der Waals surface area contributed by atoms with Crippen molar-refractivity contribution in [1.82, 2.24) is 14.9 Å². The number of aromatic amines is 2. The standard InChI is InChI=1S/C21H23N3O3S/c1-24(2)9-3-10-27-17-6-4-15(5-7-17)12-18-20(25)23-19(21(26)22-18)13-16-8-11-28-14-16/h4-8,11-14H,3,9-10H2,1-2H3,(H,22,26)(H,23,25)/b18-12-,19-13-. The lowest BCUT2D eigenvalue weighted by molar-refractivity contribution is 0.281. The molecule has 0 aliphatic heterocycles. The van der Waals surface area contributed by atoms with Crippen molar-refractivity contribution in [2.45, 2.75) is 6.42 Å². The second-order valence-electron chi connectivity index (χ2n) is 6.66. The highest BCUT2D eigenvalue weighted by atomic mass is 32.1. The van der Waals surface area contributed by atoms with E-state index < -0.39 is 0 Å². The summed E-state index contributed by atoms with van der Waals surface area (Å²) >= 11 is 1.53. The fraction of sp³-hybridized carbons (Fsp3) is 0.238. The highest BCUT2D eigenvalue weighted by Gasteiger charge is 1.99. The molecule has 1 aromatic carbocycles. The number of aromatic nitrogens is 2. The highest BCUT2D eigenvalue weighted by molar-refractivity contribution is 7.08. The lowest BCUT2D eigenvalue weighted by Gasteiger charge is -2.10. The minimum Gasteiger partial charge on any atom is -0.494 e. The lowest BCUT2D eigenvalue weighted by atomic mass is 10.2. The molecule has 0 saturated carbocycles. The highest BCUT2D eigenvalue weighted by Crippen LogP contribution is 2.12. The zero-order chi connectivity index (χ0) is 19.9. The molecule has 0 atom stereocenters. The predicted molar refractivity (Wildman–Crippen MR) is 113 cm³/mol. The van der Waals surface area contributed by atoms with Gasteiger partial charge in [0.05, 0.1) is 6.61 Å². The van der Waals surface area contributed by atoms with Crippen molar-refractivity contribution in [1.29, 1.82) is 0 Å². The Hall–Kier alpha value is -2.90. The van der Waals surface area contributed by atoms with E-state index >= 15 is 0 Å². The van der Waals surface area contributed by atoms with Gasteiger partial charge in [-0.2, -0.15) is 11.3 Å². The Balaban J connectivity index is 1.77. The molecule has 3 aromatic rings. The molecule has 2 heterocycles. The van der Waals surface area contributed by atoms with Gasteiger partial charge in [0, 0.05) is 6.54 Å². The molecule has 146 valence electrons. The number of rotatable bonds is 7. The molecule has 0 saturated heterocycles. The Labute approximate surface area is 166 Å². The number of benzene rings is 1. The van der Waals surface area contributed by atoms with E-state index in [2.05, 4.69) is 14.9 Å². The lowest BCUT2D eigenvalue weighted by Crippen LogP contribution is -2.46. The van der Waals surface area contributed by atoms with Crippen molar-refractivity contribution in [2.24, 2.45) is 0 Å². The van der Waals surface area contributed by atoms with Crippen LogP contribution in [0.3, 0.4) is 0 Å². The number of nitrogens with zero attached hydrogens (tertiary/aromatic N) is 1. The molecular weight excluding hydrogens is 374 g/mol. The molecule has 6 nitrogen and oxygen atoms in total. The van der Waals surface area contributed by atoms with Crippen molar-refractivity contribution in [3.05, 3.63) is 83.6 Å². The molecule has 0 spiro atoms. The van der Waals surface area contributed by atoms with Gasteiger partial charge in [0.15, 0.2) is 0 Å². The van der Waals surface area contributed by atoms with Crippen LogP contribution in [0.25, 0.3) is 12.2 Å². The van der Waals surface area contributed by atoms with Crippen LogP contribution in [0.15, 0.2) is 50.7 Å². The van der Waals surface area contributed by atoms with E-state index in [4.69, 9.17) is 4.74 Å². The normalized spacial score (nSPS) is 12.7. The maximum Gasteiger partial charge on any atom is 0.272 e. The molecule has 0 fully saturated rings. The van der Waals surface area contributed by atoms with E-state index in [0.717, 1.165) is 29.8 Å². The van der Waals surface area contributed by atoms with E-state index in [1.54, 1.807) is 12.2 Å². The molecule has 2 N–H and O–H groups in total. The van der Waals surface area contributed by atoms with Gasteiger partial charge in [-0.25, -0.2) is 0 Å². The van der Waals surface area contributed by atoms with Crippen LogP contribution in [0, 0.1) is 0 Å². The zero-order valence-electron chi connectivity index (χ0n) is 15.9. The molecule has 0 bridgehead atoms. The summed E-state index contributed by atoms with van der Waals surface area (Å²) in [4.78, 5) is 32.0. The Morgan fingerprint density at radius 2 is 1.61 bits per heavy atom. The van der Waals surface area contributed by atoms with Crippen LogP contribution in [-0.2, 0) is 0 Å². The van der Waals surface area contributed by atoms with E-state index in [1.807, 2.05) is 55.2 Å². The van der Waals surface area contributed by atoms with Gasteiger partial charge in [-0.05, 0) is 72.8 Å². The van der Waals surface area contributed by atoms with E-state index in [0.29, 0.717) is 6.61 Å². The van der Waals surface area contributed by atoms with E-state index in [9.17, 15) is 9.59 Å². The molecule has 0 aliphatic carbocycles. The van der Waals surface area contributed by atoms with Gasteiger partial charge in [-0.1, -0.05) is 12.1 Å². The quantitative estimate of drug-likeness (QED) is 0.586. The summed E-state index contributed by atoms with van der Waals surface area (Å²) < 4.78 is 5.70. The first-order valence-corrected chi connectivity index (χ1v) is 9.91. The van der Waals surface area contributed by atoms with Crippen molar-refractivity contribution >= 4 is 23.5 Å². The monoisotopic (exact) mass is 397 g/mol.